The molecule has 1 aromatic heterocycles. The topological polar surface area (TPSA) is 62.6 Å². The Morgan fingerprint density at radius 2 is 2.29 bits per heavy atom. The smallest absolute Gasteiger partial charge is 0.311 e. The van der Waals surface area contributed by atoms with Crippen molar-refractivity contribution in [1.29, 1.82) is 0 Å². The van der Waals surface area contributed by atoms with Gasteiger partial charge in [-0.2, -0.15) is 5.10 Å². The van der Waals surface area contributed by atoms with Gasteiger partial charge in [-0.25, -0.2) is 0 Å². The standard InChI is InChI=1S/C18H26N2O4/c1-20-10-15(9-19-20)16-13(4-8-22-16)11-23-17(21)14-3-7-18(24-12-14)5-2-6-18/h9-10,13-14,16H,2-8,11-12H2,1H3/t13-,14?,16+/m0/s1. The van der Waals surface area contributed by atoms with Gasteiger partial charge in [0.15, 0.2) is 0 Å². The summed E-state index contributed by atoms with van der Waals surface area (Å²) in [7, 11) is 1.89. The van der Waals surface area contributed by atoms with E-state index in [1.165, 1.54) is 6.42 Å². The first-order chi connectivity index (χ1) is 11.7. The van der Waals surface area contributed by atoms with E-state index < -0.39 is 0 Å². The van der Waals surface area contributed by atoms with Gasteiger partial charge in [0.05, 0.1) is 37.0 Å². The lowest BCUT2D eigenvalue weighted by molar-refractivity contribution is -0.174. The van der Waals surface area contributed by atoms with Crippen LogP contribution in [-0.2, 0) is 26.1 Å². The molecule has 4 rings (SSSR count). The normalized spacial score (nSPS) is 31.8. The molecule has 3 aliphatic rings. The SMILES string of the molecule is Cn1cc([C@@H]2OCC[C@H]2COC(=O)C2CCC3(CCC3)OC2)cn1. The first-order valence-corrected chi connectivity index (χ1v) is 9.06. The molecule has 3 atom stereocenters. The van der Waals surface area contributed by atoms with Crippen molar-refractivity contribution in [1.82, 2.24) is 9.78 Å². The highest BCUT2D eigenvalue weighted by atomic mass is 16.5. The van der Waals surface area contributed by atoms with Gasteiger partial charge in [-0.15, -0.1) is 0 Å². The summed E-state index contributed by atoms with van der Waals surface area (Å²) in [6, 6.07) is 0. The number of esters is 1. The third-order valence-corrected chi connectivity index (χ3v) is 5.84. The molecule has 3 heterocycles. The number of carbonyl (C=O) groups is 1. The number of hydrogen-bond acceptors (Lipinski definition) is 5. The Labute approximate surface area is 142 Å². The van der Waals surface area contributed by atoms with Gasteiger partial charge in [-0.3, -0.25) is 9.48 Å². The summed E-state index contributed by atoms with van der Waals surface area (Å²) < 4.78 is 19.2. The van der Waals surface area contributed by atoms with Gasteiger partial charge in [0.2, 0.25) is 0 Å². The fourth-order valence-corrected chi connectivity index (χ4v) is 4.09. The van der Waals surface area contributed by atoms with Crippen molar-refractivity contribution in [3.63, 3.8) is 0 Å². The molecule has 0 N–H and O–H groups in total. The van der Waals surface area contributed by atoms with Gasteiger partial charge in [0, 0.05) is 31.3 Å². The second kappa shape index (κ2) is 6.48. The minimum atomic E-state index is -0.110. The predicted octanol–water partition coefficient (Wildman–Crippen LogP) is 2.39. The van der Waals surface area contributed by atoms with Crippen molar-refractivity contribution in [3.8, 4) is 0 Å². The summed E-state index contributed by atoms with van der Waals surface area (Å²) in [5.41, 5.74) is 1.16. The molecule has 6 heteroatoms. The fraction of sp³-hybridized carbons (Fsp3) is 0.778. The molecule has 1 spiro atoms. The van der Waals surface area contributed by atoms with Crippen molar-refractivity contribution in [2.75, 3.05) is 19.8 Å². The molecule has 24 heavy (non-hydrogen) atoms. The summed E-state index contributed by atoms with van der Waals surface area (Å²) in [4.78, 5) is 12.4. The quantitative estimate of drug-likeness (QED) is 0.791. The molecular weight excluding hydrogens is 308 g/mol. The van der Waals surface area contributed by atoms with Crippen LogP contribution in [0.25, 0.3) is 0 Å². The van der Waals surface area contributed by atoms with E-state index in [0.717, 1.165) is 37.7 Å². The van der Waals surface area contributed by atoms with Crippen LogP contribution in [0.3, 0.4) is 0 Å². The van der Waals surface area contributed by atoms with Gasteiger partial charge in [-0.1, -0.05) is 0 Å². The van der Waals surface area contributed by atoms with E-state index in [9.17, 15) is 4.79 Å². The molecular formula is C18H26N2O4. The molecule has 2 saturated heterocycles. The van der Waals surface area contributed by atoms with E-state index in [4.69, 9.17) is 14.2 Å². The van der Waals surface area contributed by atoms with Crippen molar-refractivity contribution in [3.05, 3.63) is 18.0 Å². The minimum Gasteiger partial charge on any atom is -0.465 e. The molecule has 2 aliphatic heterocycles. The van der Waals surface area contributed by atoms with Crippen LogP contribution in [0.5, 0.6) is 0 Å². The number of aryl methyl sites for hydroxylation is 1. The second-order valence-corrected chi connectivity index (χ2v) is 7.50. The van der Waals surface area contributed by atoms with E-state index in [0.29, 0.717) is 19.8 Å². The average molecular weight is 334 g/mol. The third kappa shape index (κ3) is 3.09. The van der Waals surface area contributed by atoms with Crippen molar-refractivity contribution in [2.45, 2.75) is 50.2 Å². The first kappa shape index (κ1) is 16.1. The number of carbonyl (C=O) groups excluding carboxylic acids is 1. The molecule has 0 aromatic carbocycles. The number of hydrogen-bond donors (Lipinski definition) is 0. The highest BCUT2D eigenvalue weighted by Crippen LogP contribution is 2.43. The van der Waals surface area contributed by atoms with E-state index >= 15 is 0 Å². The monoisotopic (exact) mass is 334 g/mol. The maximum absolute atomic E-state index is 12.4. The zero-order chi connectivity index (χ0) is 16.6. The second-order valence-electron chi connectivity index (χ2n) is 7.50. The maximum atomic E-state index is 12.4. The average Bonchev–Trinajstić information content (AvgIpc) is 3.19. The summed E-state index contributed by atoms with van der Waals surface area (Å²) in [6.07, 6.45) is 10.2. The minimum absolute atomic E-state index is 0.0210. The zero-order valence-corrected chi connectivity index (χ0v) is 14.3. The highest BCUT2D eigenvalue weighted by molar-refractivity contribution is 5.72. The van der Waals surface area contributed by atoms with Crippen LogP contribution in [0.2, 0.25) is 0 Å². The van der Waals surface area contributed by atoms with Gasteiger partial charge in [-0.05, 0) is 38.5 Å². The number of ether oxygens (including phenoxy) is 3. The Kier molecular flexibility index (Phi) is 4.35. The summed E-state index contributed by atoms with van der Waals surface area (Å²) in [5.74, 6) is -0.00275. The number of rotatable bonds is 4. The van der Waals surface area contributed by atoms with Gasteiger partial charge >= 0.3 is 5.97 Å². The van der Waals surface area contributed by atoms with Crippen LogP contribution in [0.1, 0.15) is 50.2 Å². The van der Waals surface area contributed by atoms with Crippen LogP contribution in [0.4, 0.5) is 0 Å². The lowest BCUT2D eigenvalue weighted by atomic mass is 9.74. The first-order valence-electron chi connectivity index (χ1n) is 9.06. The van der Waals surface area contributed by atoms with Crippen LogP contribution < -0.4 is 0 Å². The van der Waals surface area contributed by atoms with E-state index in [1.54, 1.807) is 4.68 Å². The lowest BCUT2D eigenvalue weighted by Gasteiger charge is -2.46. The molecule has 6 nitrogen and oxygen atoms in total. The maximum Gasteiger partial charge on any atom is 0.311 e. The zero-order valence-electron chi connectivity index (χ0n) is 14.3. The van der Waals surface area contributed by atoms with Crippen LogP contribution >= 0.6 is 0 Å². The van der Waals surface area contributed by atoms with Crippen molar-refractivity contribution in [2.24, 2.45) is 18.9 Å². The summed E-state index contributed by atoms with van der Waals surface area (Å²) in [5, 5.41) is 4.20. The molecule has 0 radical (unpaired) electrons. The third-order valence-electron chi connectivity index (χ3n) is 5.84. The van der Waals surface area contributed by atoms with Crippen molar-refractivity contribution < 1.29 is 19.0 Å². The van der Waals surface area contributed by atoms with E-state index in [1.807, 2.05) is 19.4 Å². The predicted molar refractivity (Wildman–Crippen MR) is 86.2 cm³/mol. The molecule has 132 valence electrons. The Balaban J connectivity index is 1.27. The molecule has 0 bridgehead atoms. The van der Waals surface area contributed by atoms with Gasteiger partial charge in [0.25, 0.3) is 0 Å². The van der Waals surface area contributed by atoms with Gasteiger partial charge < -0.3 is 14.2 Å². The lowest BCUT2D eigenvalue weighted by Crippen LogP contribution is -2.46. The highest BCUT2D eigenvalue weighted by Gasteiger charge is 2.43. The Morgan fingerprint density at radius 1 is 1.42 bits per heavy atom. The Bertz CT molecular complexity index is 586. The number of nitrogens with zero attached hydrogens (tertiary/aromatic N) is 2. The van der Waals surface area contributed by atoms with Gasteiger partial charge in [0.1, 0.15) is 0 Å². The summed E-state index contributed by atoms with van der Waals surface area (Å²) >= 11 is 0. The molecule has 1 unspecified atom stereocenters. The molecule has 1 aromatic rings. The van der Waals surface area contributed by atoms with Crippen LogP contribution in [0, 0.1) is 11.8 Å². The molecule has 1 aliphatic carbocycles. The molecule has 1 saturated carbocycles. The van der Waals surface area contributed by atoms with Crippen molar-refractivity contribution >= 4 is 5.97 Å². The van der Waals surface area contributed by atoms with E-state index in [2.05, 4.69) is 5.10 Å². The largest absolute Gasteiger partial charge is 0.465 e. The molecule has 0 amide bonds. The van der Waals surface area contributed by atoms with Crippen LogP contribution in [0.15, 0.2) is 12.4 Å². The number of aromatic nitrogens is 2. The molecule has 3 fully saturated rings. The fourth-order valence-electron chi connectivity index (χ4n) is 4.09. The van der Waals surface area contributed by atoms with E-state index in [-0.39, 0.29) is 29.5 Å². The van der Waals surface area contributed by atoms with Crippen LogP contribution in [-0.4, -0.2) is 41.2 Å². The Hall–Kier alpha value is -1.40. The Morgan fingerprint density at radius 3 is 2.92 bits per heavy atom. The summed E-state index contributed by atoms with van der Waals surface area (Å²) in [6.45, 7) is 1.64.